The third-order valence-electron chi connectivity index (χ3n) is 6.57. The fourth-order valence-corrected chi connectivity index (χ4v) is 5.47. The third kappa shape index (κ3) is 5.64. The zero-order valence-electron chi connectivity index (χ0n) is 21.0. The van der Waals surface area contributed by atoms with Crippen molar-refractivity contribution < 1.29 is 23.1 Å². The highest BCUT2D eigenvalue weighted by Crippen LogP contribution is 2.37. The molecule has 0 saturated carbocycles. The Morgan fingerprint density at radius 3 is 2.35 bits per heavy atom. The Labute approximate surface area is 216 Å². The first-order chi connectivity index (χ1) is 17.6. The van der Waals surface area contributed by atoms with Gasteiger partial charge in [0.2, 0.25) is 5.95 Å². The summed E-state index contributed by atoms with van der Waals surface area (Å²) in [5.74, 6) is -0.525. The van der Waals surface area contributed by atoms with Crippen LogP contribution in [-0.4, -0.2) is 47.7 Å². The van der Waals surface area contributed by atoms with Crippen LogP contribution in [0.25, 0.3) is 0 Å². The summed E-state index contributed by atoms with van der Waals surface area (Å²) in [6.45, 7) is 6.75. The van der Waals surface area contributed by atoms with Crippen LogP contribution in [-0.2, 0) is 22.8 Å². The number of carbonyl (C=O) groups excluding carboxylic acids is 1. The van der Waals surface area contributed by atoms with Crippen LogP contribution in [0.1, 0.15) is 64.2 Å². The van der Waals surface area contributed by atoms with Crippen molar-refractivity contribution in [2.45, 2.75) is 44.7 Å². The van der Waals surface area contributed by atoms with Crippen molar-refractivity contribution in [3.63, 3.8) is 0 Å². The molecule has 0 spiro atoms. The maximum absolute atomic E-state index is 12.9. The summed E-state index contributed by atoms with van der Waals surface area (Å²) in [6, 6.07) is 12.2. The number of carboxylic acid groups (broad SMARTS) is 1. The van der Waals surface area contributed by atoms with E-state index in [1.807, 2.05) is 12.1 Å². The molecule has 0 radical (unpaired) electrons. The second-order valence-corrected chi connectivity index (χ2v) is 11.6. The van der Waals surface area contributed by atoms with Crippen LogP contribution >= 0.6 is 0 Å². The summed E-state index contributed by atoms with van der Waals surface area (Å²) in [4.78, 5) is 35.0. The van der Waals surface area contributed by atoms with Gasteiger partial charge in [0, 0.05) is 31.0 Å². The summed E-state index contributed by atoms with van der Waals surface area (Å²) >= 11 is 0. The molecule has 10 heteroatoms. The number of hydrogen-bond donors (Lipinski definition) is 2. The van der Waals surface area contributed by atoms with Crippen LogP contribution in [0.2, 0.25) is 0 Å². The fourth-order valence-electron chi connectivity index (χ4n) is 4.59. The Kier molecular flexibility index (Phi) is 7.58. The summed E-state index contributed by atoms with van der Waals surface area (Å²) < 4.78 is 24.0. The van der Waals surface area contributed by atoms with E-state index in [9.17, 15) is 18.0 Å². The zero-order valence-corrected chi connectivity index (χ0v) is 21.8. The number of nitrogens with one attached hydrogen (secondary N) is 1. The van der Waals surface area contributed by atoms with Crippen molar-refractivity contribution >= 4 is 27.7 Å². The minimum Gasteiger partial charge on any atom is -0.478 e. The average molecular weight is 523 g/mol. The molecule has 2 aromatic carbocycles. The predicted molar refractivity (Wildman–Crippen MR) is 139 cm³/mol. The molecule has 1 aromatic heterocycles. The Balaban J connectivity index is 1.48. The molecule has 1 aliphatic rings. The predicted octanol–water partition coefficient (Wildman–Crippen LogP) is 3.66. The van der Waals surface area contributed by atoms with Crippen LogP contribution in [0.15, 0.2) is 59.8 Å². The first kappa shape index (κ1) is 26.3. The first-order valence-corrected chi connectivity index (χ1v) is 13.8. The van der Waals surface area contributed by atoms with Crippen molar-refractivity contribution in [3.05, 3.63) is 82.7 Å². The minimum atomic E-state index is -3.26. The molecule has 1 aliphatic heterocycles. The van der Waals surface area contributed by atoms with E-state index in [1.165, 1.54) is 12.4 Å². The SMILES string of the molecule is CCS(=O)(=O)c1ccc(CNC(=O)c2ccc3c(c2)CCN(c2ncc(C(=O)O)cn2)[C@H]3C(C)C)cc1. The number of nitrogens with zero attached hydrogens (tertiary/aromatic N) is 3. The van der Waals surface area contributed by atoms with Crippen molar-refractivity contribution in [2.24, 2.45) is 5.92 Å². The minimum absolute atomic E-state index is 0.0190. The second-order valence-electron chi connectivity index (χ2n) is 9.35. The molecule has 37 heavy (non-hydrogen) atoms. The lowest BCUT2D eigenvalue weighted by molar-refractivity contribution is 0.0695. The Hall–Kier alpha value is -3.79. The van der Waals surface area contributed by atoms with E-state index < -0.39 is 15.8 Å². The number of sulfone groups is 1. The highest BCUT2D eigenvalue weighted by molar-refractivity contribution is 7.91. The van der Waals surface area contributed by atoms with Gasteiger partial charge in [-0.3, -0.25) is 4.79 Å². The largest absolute Gasteiger partial charge is 0.478 e. The highest BCUT2D eigenvalue weighted by atomic mass is 32.2. The molecule has 3 aromatic rings. The summed E-state index contributed by atoms with van der Waals surface area (Å²) in [5, 5.41) is 12.0. The van der Waals surface area contributed by atoms with Gasteiger partial charge in [-0.25, -0.2) is 23.2 Å². The van der Waals surface area contributed by atoms with Crippen molar-refractivity contribution in [1.82, 2.24) is 15.3 Å². The number of fused-ring (bicyclic) bond motifs is 1. The van der Waals surface area contributed by atoms with Crippen LogP contribution in [0.3, 0.4) is 0 Å². The smallest absolute Gasteiger partial charge is 0.338 e. The molecule has 0 fully saturated rings. The average Bonchev–Trinajstić information content (AvgIpc) is 2.90. The van der Waals surface area contributed by atoms with Gasteiger partial charge in [0.05, 0.1) is 22.3 Å². The van der Waals surface area contributed by atoms with Crippen LogP contribution in [0, 0.1) is 5.92 Å². The first-order valence-electron chi connectivity index (χ1n) is 12.2. The summed E-state index contributed by atoms with van der Waals surface area (Å²) in [5.41, 5.74) is 3.59. The number of aromatic carboxylic acids is 1. The lowest BCUT2D eigenvalue weighted by Crippen LogP contribution is -2.39. The number of anilines is 1. The number of hydrogen-bond acceptors (Lipinski definition) is 7. The van der Waals surface area contributed by atoms with Crippen molar-refractivity contribution in [2.75, 3.05) is 17.2 Å². The quantitative estimate of drug-likeness (QED) is 0.459. The van der Waals surface area contributed by atoms with Gasteiger partial charge in [-0.1, -0.05) is 39.0 Å². The van der Waals surface area contributed by atoms with Gasteiger partial charge in [0.15, 0.2) is 9.84 Å². The van der Waals surface area contributed by atoms with Gasteiger partial charge < -0.3 is 15.3 Å². The normalized spacial score (nSPS) is 15.4. The zero-order chi connectivity index (χ0) is 26.7. The van der Waals surface area contributed by atoms with Gasteiger partial charge in [-0.2, -0.15) is 0 Å². The molecule has 9 nitrogen and oxygen atoms in total. The van der Waals surface area contributed by atoms with E-state index in [0.29, 0.717) is 24.5 Å². The van der Waals surface area contributed by atoms with Gasteiger partial charge in [-0.15, -0.1) is 0 Å². The molecule has 0 bridgehead atoms. The number of amides is 1. The molecule has 2 heterocycles. The van der Waals surface area contributed by atoms with Crippen molar-refractivity contribution in [1.29, 1.82) is 0 Å². The van der Waals surface area contributed by atoms with E-state index >= 15 is 0 Å². The van der Waals surface area contributed by atoms with E-state index in [2.05, 4.69) is 34.0 Å². The number of carboxylic acids is 1. The van der Waals surface area contributed by atoms with E-state index in [-0.39, 0.29) is 40.6 Å². The lowest BCUT2D eigenvalue weighted by atomic mass is 9.85. The maximum Gasteiger partial charge on any atom is 0.338 e. The molecule has 1 atom stereocenters. The number of carbonyl (C=O) groups is 2. The molecule has 4 rings (SSSR count). The molecule has 0 unspecified atom stereocenters. The lowest BCUT2D eigenvalue weighted by Gasteiger charge is -2.40. The summed E-state index contributed by atoms with van der Waals surface area (Å²) in [7, 11) is -3.26. The number of rotatable bonds is 8. The third-order valence-corrected chi connectivity index (χ3v) is 8.32. The molecule has 2 N–H and O–H groups in total. The van der Waals surface area contributed by atoms with E-state index in [4.69, 9.17) is 5.11 Å². The van der Waals surface area contributed by atoms with Gasteiger partial charge in [0.25, 0.3) is 5.91 Å². The molecule has 0 saturated heterocycles. The monoisotopic (exact) mass is 522 g/mol. The second kappa shape index (κ2) is 10.7. The summed E-state index contributed by atoms with van der Waals surface area (Å²) in [6.07, 6.45) is 3.33. The Bertz CT molecular complexity index is 1400. The maximum atomic E-state index is 12.9. The Morgan fingerprint density at radius 2 is 1.76 bits per heavy atom. The molecule has 194 valence electrons. The molecule has 1 amide bonds. The van der Waals surface area contributed by atoms with Crippen LogP contribution < -0.4 is 10.2 Å². The highest BCUT2D eigenvalue weighted by Gasteiger charge is 2.32. The van der Waals surface area contributed by atoms with Crippen LogP contribution in [0.4, 0.5) is 5.95 Å². The standard InChI is InChI=1S/C27H30N4O5S/c1-4-37(35,36)22-8-5-18(6-9-22)14-28-25(32)20-7-10-23-19(13-20)11-12-31(24(23)17(2)3)27-29-15-21(16-30-27)26(33)34/h5-10,13,15-17,24H,4,11-12,14H2,1-3H3,(H,28,32)(H,33,34)/t24-/m0/s1. The van der Waals surface area contributed by atoms with Gasteiger partial charge >= 0.3 is 5.97 Å². The molecular formula is C27H30N4O5S. The molecular weight excluding hydrogens is 492 g/mol. The number of aromatic nitrogens is 2. The van der Waals surface area contributed by atoms with Gasteiger partial charge in [0.1, 0.15) is 0 Å². The van der Waals surface area contributed by atoms with Crippen molar-refractivity contribution in [3.8, 4) is 0 Å². The number of benzene rings is 2. The van der Waals surface area contributed by atoms with Crippen LogP contribution in [0.5, 0.6) is 0 Å². The van der Waals surface area contributed by atoms with E-state index in [0.717, 1.165) is 16.7 Å². The molecule has 0 aliphatic carbocycles. The topological polar surface area (TPSA) is 130 Å². The van der Waals surface area contributed by atoms with Gasteiger partial charge in [-0.05, 0) is 53.3 Å². The fraction of sp³-hybridized carbons (Fsp3) is 0.333. The van der Waals surface area contributed by atoms with E-state index in [1.54, 1.807) is 37.3 Å². The Morgan fingerprint density at radius 1 is 1.08 bits per heavy atom.